The van der Waals surface area contributed by atoms with Crippen molar-refractivity contribution < 1.29 is 18.7 Å². The predicted octanol–water partition coefficient (Wildman–Crippen LogP) is 3.52. The van der Waals surface area contributed by atoms with Gasteiger partial charge in [0.2, 0.25) is 5.91 Å². The summed E-state index contributed by atoms with van der Waals surface area (Å²) in [7, 11) is 0. The topological polar surface area (TPSA) is 50.8 Å². The van der Waals surface area contributed by atoms with Crippen LogP contribution in [0.4, 0.5) is 10.1 Å². The third-order valence-corrected chi connectivity index (χ3v) is 5.75. The summed E-state index contributed by atoms with van der Waals surface area (Å²) in [6.45, 7) is 4.49. The molecule has 2 aromatic carbocycles. The van der Waals surface area contributed by atoms with E-state index in [0.717, 1.165) is 25.0 Å². The van der Waals surface area contributed by atoms with Gasteiger partial charge in [-0.2, -0.15) is 0 Å². The fourth-order valence-corrected chi connectivity index (χ4v) is 4.21. The Morgan fingerprint density at radius 3 is 2.86 bits per heavy atom. The van der Waals surface area contributed by atoms with Crippen LogP contribution in [0, 0.1) is 12.7 Å². The Balaban J connectivity index is 1.37. The van der Waals surface area contributed by atoms with Gasteiger partial charge in [0.25, 0.3) is 0 Å². The molecular weight excluding hydrogens is 371 g/mol. The number of anilines is 1. The van der Waals surface area contributed by atoms with E-state index in [-0.39, 0.29) is 30.0 Å². The lowest BCUT2D eigenvalue weighted by Crippen LogP contribution is -2.42. The molecule has 2 aliphatic heterocycles. The SMILES string of the molecule is Cc1ccc(NC(=O)CN2C[C@H](OCc3ccccc3)[C@]3(CCCO3)C2)cc1F. The molecule has 0 bridgehead atoms. The van der Waals surface area contributed by atoms with Crippen LogP contribution in [0.15, 0.2) is 48.5 Å². The fourth-order valence-electron chi connectivity index (χ4n) is 4.21. The Bertz CT molecular complexity index is 852. The highest BCUT2D eigenvalue weighted by Gasteiger charge is 2.50. The summed E-state index contributed by atoms with van der Waals surface area (Å²) in [6, 6.07) is 14.8. The summed E-state index contributed by atoms with van der Waals surface area (Å²) in [4.78, 5) is 14.6. The molecule has 5 nitrogen and oxygen atoms in total. The summed E-state index contributed by atoms with van der Waals surface area (Å²) < 4.78 is 26.1. The Hall–Kier alpha value is -2.28. The first-order valence-corrected chi connectivity index (χ1v) is 10.1. The van der Waals surface area contributed by atoms with Gasteiger partial charge in [-0.15, -0.1) is 0 Å². The lowest BCUT2D eigenvalue weighted by molar-refractivity contribution is -0.117. The largest absolute Gasteiger partial charge is 0.371 e. The van der Waals surface area contributed by atoms with E-state index in [1.165, 1.54) is 6.07 Å². The third-order valence-electron chi connectivity index (χ3n) is 5.75. The van der Waals surface area contributed by atoms with E-state index < -0.39 is 0 Å². The van der Waals surface area contributed by atoms with Gasteiger partial charge in [0.1, 0.15) is 17.5 Å². The van der Waals surface area contributed by atoms with Crippen molar-refractivity contribution >= 4 is 11.6 Å². The number of hydrogen-bond donors (Lipinski definition) is 1. The van der Waals surface area contributed by atoms with Crippen molar-refractivity contribution in [1.29, 1.82) is 0 Å². The summed E-state index contributed by atoms with van der Waals surface area (Å²) >= 11 is 0. The van der Waals surface area contributed by atoms with E-state index in [1.807, 2.05) is 30.3 Å². The van der Waals surface area contributed by atoms with Crippen LogP contribution in [-0.2, 0) is 20.9 Å². The first-order valence-electron chi connectivity index (χ1n) is 10.1. The molecule has 1 N–H and O–H groups in total. The fraction of sp³-hybridized carbons (Fsp3) is 0.435. The van der Waals surface area contributed by atoms with Crippen molar-refractivity contribution in [2.75, 3.05) is 31.6 Å². The van der Waals surface area contributed by atoms with Gasteiger partial charge in [0.15, 0.2) is 0 Å². The smallest absolute Gasteiger partial charge is 0.238 e. The first kappa shape index (κ1) is 20.0. The zero-order valence-corrected chi connectivity index (χ0v) is 16.7. The van der Waals surface area contributed by atoms with Crippen LogP contribution in [0.2, 0.25) is 0 Å². The second-order valence-electron chi connectivity index (χ2n) is 7.98. The molecule has 0 aromatic heterocycles. The minimum atomic E-state index is -0.342. The molecule has 154 valence electrons. The molecule has 1 amide bonds. The van der Waals surface area contributed by atoms with Gasteiger partial charge in [0.05, 0.1) is 13.2 Å². The van der Waals surface area contributed by atoms with Gasteiger partial charge in [-0.3, -0.25) is 9.69 Å². The second-order valence-corrected chi connectivity index (χ2v) is 7.98. The Labute approximate surface area is 170 Å². The first-order chi connectivity index (χ1) is 14.0. The molecular formula is C23H27FN2O3. The van der Waals surface area contributed by atoms with Gasteiger partial charge >= 0.3 is 0 Å². The molecule has 2 aliphatic rings. The van der Waals surface area contributed by atoms with E-state index in [4.69, 9.17) is 9.47 Å². The molecule has 2 aromatic rings. The lowest BCUT2D eigenvalue weighted by atomic mass is 9.96. The van der Waals surface area contributed by atoms with Gasteiger partial charge in [-0.1, -0.05) is 36.4 Å². The number of aryl methyl sites for hydroxylation is 1. The standard InChI is InChI=1S/C23H27FN2O3/c1-17-8-9-19(12-20(17)24)25-22(27)14-26-13-21(23(16-26)10-5-11-29-23)28-15-18-6-3-2-4-7-18/h2-4,6-9,12,21H,5,10-11,13-16H2,1H3,(H,25,27)/t21-,23-/m0/s1. The number of halogens is 1. The summed E-state index contributed by atoms with van der Waals surface area (Å²) in [6.07, 6.45) is 1.87. The zero-order chi connectivity index (χ0) is 20.3. The van der Waals surface area contributed by atoms with Crippen molar-refractivity contribution in [2.45, 2.75) is 38.1 Å². The Kier molecular flexibility index (Phi) is 5.94. The van der Waals surface area contributed by atoms with Gasteiger partial charge < -0.3 is 14.8 Å². The van der Waals surface area contributed by atoms with E-state index in [2.05, 4.69) is 10.2 Å². The molecule has 2 saturated heterocycles. The average molecular weight is 398 g/mol. The number of ether oxygens (including phenoxy) is 2. The maximum absolute atomic E-state index is 13.7. The molecule has 0 unspecified atom stereocenters. The molecule has 2 fully saturated rings. The summed E-state index contributed by atoms with van der Waals surface area (Å²) in [5, 5.41) is 2.79. The maximum atomic E-state index is 13.7. The monoisotopic (exact) mass is 398 g/mol. The summed E-state index contributed by atoms with van der Waals surface area (Å²) in [5.41, 5.74) is 1.81. The average Bonchev–Trinajstić information content (AvgIpc) is 3.31. The zero-order valence-electron chi connectivity index (χ0n) is 16.7. The van der Waals surface area contributed by atoms with Crippen molar-refractivity contribution in [3.8, 4) is 0 Å². The van der Waals surface area contributed by atoms with Crippen LogP contribution in [0.1, 0.15) is 24.0 Å². The summed E-state index contributed by atoms with van der Waals surface area (Å²) in [5.74, 6) is -0.484. The number of benzene rings is 2. The lowest BCUT2D eigenvalue weighted by Gasteiger charge is -2.29. The van der Waals surface area contributed by atoms with Crippen LogP contribution >= 0.6 is 0 Å². The number of hydrogen-bond acceptors (Lipinski definition) is 4. The number of carbonyl (C=O) groups is 1. The highest BCUT2D eigenvalue weighted by Crippen LogP contribution is 2.37. The number of nitrogens with one attached hydrogen (secondary N) is 1. The molecule has 0 radical (unpaired) electrons. The van der Waals surface area contributed by atoms with E-state index >= 15 is 0 Å². The normalized spacial score (nSPS) is 24.3. The minimum Gasteiger partial charge on any atom is -0.371 e. The van der Waals surface area contributed by atoms with Crippen LogP contribution in [-0.4, -0.2) is 48.8 Å². The maximum Gasteiger partial charge on any atom is 0.238 e. The molecule has 1 spiro atoms. The highest BCUT2D eigenvalue weighted by molar-refractivity contribution is 5.92. The molecule has 0 saturated carbocycles. The predicted molar refractivity (Wildman–Crippen MR) is 109 cm³/mol. The third kappa shape index (κ3) is 4.66. The number of likely N-dealkylation sites (tertiary alicyclic amines) is 1. The highest BCUT2D eigenvalue weighted by atomic mass is 19.1. The number of nitrogens with zero attached hydrogens (tertiary/aromatic N) is 1. The van der Waals surface area contributed by atoms with Crippen molar-refractivity contribution in [1.82, 2.24) is 4.90 Å². The van der Waals surface area contributed by atoms with Crippen molar-refractivity contribution in [2.24, 2.45) is 0 Å². The van der Waals surface area contributed by atoms with E-state index in [1.54, 1.807) is 19.1 Å². The number of rotatable bonds is 6. The van der Waals surface area contributed by atoms with Crippen LogP contribution in [0.5, 0.6) is 0 Å². The van der Waals surface area contributed by atoms with Gasteiger partial charge in [-0.25, -0.2) is 4.39 Å². The molecule has 2 atom stereocenters. The molecule has 2 heterocycles. The van der Waals surface area contributed by atoms with Crippen LogP contribution in [0.25, 0.3) is 0 Å². The Morgan fingerprint density at radius 1 is 1.31 bits per heavy atom. The van der Waals surface area contributed by atoms with Crippen LogP contribution in [0.3, 0.4) is 0 Å². The van der Waals surface area contributed by atoms with E-state index in [9.17, 15) is 9.18 Å². The Morgan fingerprint density at radius 2 is 2.14 bits per heavy atom. The van der Waals surface area contributed by atoms with Crippen LogP contribution < -0.4 is 5.32 Å². The molecule has 0 aliphatic carbocycles. The quantitative estimate of drug-likeness (QED) is 0.809. The molecule has 29 heavy (non-hydrogen) atoms. The number of amides is 1. The minimum absolute atomic E-state index is 0.0742. The number of carbonyl (C=O) groups excluding carboxylic acids is 1. The molecule has 6 heteroatoms. The second kappa shape index (κ2) is 8.61. The van der Waals surface area contributed by atoms with Crippen molar-refractivity contribution in [3.05, 3.63) is 65.5 Å². The van der Waals surface area contributed by atoms with Gasteiger partial charge in [-0.05, 0) is 43.0 Å². The molecule has 4 rings (SSSR count). The van der Waals surface area contributed by atoms with E-state index in [0.29, 0.717) is 30.9 Å². The van der Waals surface area contributed by atoms with Crippen molar-refractivity contribution in [3.63, 3.8) is 0 Å². The van der Waals surface area contributed by atoms with Gasteiger partial charge in [0, 0.05) is 25.4 Å².